The van der Waals surface area contributed by atoms with Crippen LogP contribution in [-0.2, 0) is 9.47 Å². The van der Waals surface area contributed by atoms with Crippen molar-refractivity contribution in [3.8, 4) is 0 Å². The predicted octanol–water partition coefficient (Wildman–Crippen LogP) is 4.86. The van der Waals surface area contributed by atoms with E-state index in [-0.39, 0.29) is 12.2 Å². The fourth-order valence-electron chi connectivity index (χ4n) is 2.32. The van der Waals surface area contributed by atoms with E-state index in [1.54, 1.807) is 0 Å². The largest absolute Gasteiger partial charge is 0.378 e. The van der Waals surface area contributed by atoms with Gasteiger partial charge in [-0.15, -0.1) is 0 Å². The maximum Gasteiger partial charge on any atom is 0.109 e. The number of aromatic nitrogens is 1. The first-order valence-corrected chi connectivity index (χ1v) is 9.42. The normalized spacial score (nSPS) is 13.1. The van der Waals surface area contributed by atoms with Crippen molar-refractivity contribution in [3.05, 3.63) is 42.1 Å². The van der Waals surface area contributed by atoms with Gasteiger partial charge in [0.25, 0.3) is 0 Å². The highest BCUT2D eigenvalue weighted by Crippen LogP contribution is 2.24. The van der Waals surface area contributed by atoms with E-state index in [2.05, 4.69) is 52.0 Å². The lowest BCUT2D eigenvalue weighted by Gasteiger charge is -2.20. The van der Waals surface area contributed by atoms with Crippen LogP contribution in [0, 0.1) is 0 Å². The van der Waals surface area contributed by atoms with Crippen molar-refractivity contribution >= 4 is 22.7 Å². The molecule has 1 unspecified atom stereocenters. The lowest BCUT2D eigenvalue weighted by molar-refractivity contribution is 0.0184. The zero-order valence-corrected chi connectivity index (χ0v) is 15.3. The molecule has 0 saturated carbocycles. The van der Waals surface area contributed by atoms with Crippen molar-refractivity contribution in [2.24, 2.45) is 0 Å². The molecule has 23 heavy (non-hydrogen) atoms. The standard InChI is InChI=1S/C19H27NO2S/c1-14(2)21-11-12-23-13-19(22-15(3)4)18-10-9-16-7-5-6-8-17(16)20-18/h5-10,14-15,19H,11-13H2,1-4H3. The molecule has 0 aliphatic heterocycles. The Morgan fingerprint density at radius 1 is 1.00 bits per heavy atom. The highest BCUT2D eigenvalue weighted by molar-refractivity contribution is 7.99. The van der Waals surface area contributed by atoms with Gasteiger partial charge >= 0.3 is 0 Å². The van der Waals surface area contributed by atoms with E-state index < -0.39 is 0 Å². The Balaban J connectivity index is 2.01. The van der Waals surface area contributed by atoms with Gasteiger partial charge in [-0.1, -0.05) is 24.3 Å². The third-order valence-corrected chi connectivity index (χ3v) is 4.33. The van der Waals surface area contributed by atoms with Crippen LogP contribution in [-0.4, -0.2) is 35.3 Å². The van der Waals surface area contributed by atoms with Gasteiger partial charge in [0.05, 0.1) is 30.0 Å². The molecule has 126 valence electrons. The molecular formula is C19H27NO2S. The van der Waals surface area contributed by atoms with Gasteiger partial charge in [-0.2, -0.15) is 11.8 Å². The van der Waals surface area contributed by atoms with E-state index in [1.165, 1.54) is 0 Å². The molecule has 0 aliphatic rings. The van der Waals surface area contributed by atoms with Gasteiger partial charge in [0.15, 0.2) is 0 Å². The van der Waals surface area contributed by atoms with Gasteiger partial charge in [-0.05, 0) is 39.8 Å². The minimum atomic E-state index is 0.0173. The quantitative estimate of drug-likeness (QED) is 0.613. The van der Waals surface area contributed by atoms with E-state index in [4.69, 9.17) is 14.5 Å². The van der Waals surface area contributed by atoms with Gasteiger partial charge in [0.1, 0.15) is 6.10 Å². The maximum atomic E-state index is 6.09. The molecule has 1 atom stereocenters. The summed E-state index contributed by atoms with van der Waals surface area (Å²) in [5, 5.41) is 1.16. The van der Waals surface area contributed by atoms with E-state index >= 15 is 0 Å². The van der Waals surface area contributed by atoms with Crippen molar-refractivity contribution in [2.45, 2.75) is 46.0 Å². The third-order valence-electron chi connectivity index (χ3n) is 3.33. The number of pyridine rings is 1. The Morgan fingerprint density at radius 3 is 2.52 bits per heavy atom. The molecule has 3 nitrogen and oxygen atoms in total. The molecule has 0 aliphatic carbocycles. The van der Waals surface area contributed by atoms with Crippen molar-refractivity contribution < 1.29 is 9.47 Å². The van der Waals surface area contributed by atoms with Crippen LogP contribution in [0.15, 0.2) is 36.4 Å². The second-order valence-corrected chi connectivity index (χ2v) is 7.25. The Kier molecular flexibility index (Phi) is 7.34. The molecule has 1 aromatic heterocycles. The van der Waals surface area contributed by atoms with E-state index in [1.807, 2.05) is 23.9 Å². The number of hydrogen-bond acceptors (Lipinski definition) is 4. The minimum absolute atomic E-state index is 0.0173. The number of fused-ring (bicyclic) bond motifs is 1. The summed E-state index contributed by atoms with van der Waals surface area (Å²) in [4.78, 5) is 4.79. The molecule has 0 spiro atoms. The topological polar surface area (TPSA) is 31.4 Å². The van der Waals surface area contributed by atoms with E-state index in [9.17, 15) is 0 Å². The summed E-state index contributed by atoms with van der Waals surface area (Å²) >= 11 is 1.86. The van der Waals surface area contributed by atoms with Crippen molar-refractivity contribution in [1.29, 1.82) is 0 Å². The summed E-state index contributed by atoms with van der Waals surface area (Å²) in [6, 6.07) is 12.4. The molecule has 1 heterocycles. The molecular weight excluding hydrogens is 306 g/mol. The fraction of sp³-hybridized carbons (Fsp3) is 0.526. The maximum absolute atomic E-state index is 6.09. The number of para-hydroxylation sites is 1. The van der Waals surface area contributed by atoms with Crippen LogP contribution in [0.2, 0.25) is 0 Å². The number of thioether (sulfide) groups is 1. The summed E-state index contributed by atoms with van der Waals surface area (Å²) < 4.78 is 11.7. The van der Waals surface area contributed by atoms with E-state index in [0.29, 0.717) is 6.10 Å². The number of benzene rings is 1. The van der Waals surface area contributed by atoms with E-state index in [0.717, 1.165) is 34.7 Å². The van der Waals surface area contributed by atoms with Crippen LogP contribution >= 0.6 is 11.8 Å². The van der Waals surface area contributed by atoms with Gasteiger partial charge in [-0.25, -0.2) is 0 Å². The molecule has 0 saturated heterocycles. The molecule has 0 bridgehead atoms. The average molecular weight is 333 g/mol. The lowest BCUT2D eigenvalue weighted by Crippen LogP contribution is -2.15. The van der Waals surface area contributed by atoms with Gasteiger partial charge in [0.2, 0.25) is 0 Å². The first-order chi connectivity index (χ1) is 11.1. The number of rotatable bonds is 9. The summed E-state index contributed by atoms with van der Waals surface area (Å²) in [5.41, 5.74) is 2.03. The average Bonchev–Trinajstić information content (AvgIpc) is 2.52. The highest BCUT2D eigenvalue weighted by atomic mass is 32.2. The van der Waals surface area contributed by atoms with Crippen molar-refractivity contribution in [1.82, 2.24) is 4.98 Å². The Labute approximate surface area is 143 Å². The fourth-order valence-corrected chi connectivity index (χ4v) is 3.16. The van der Waals surface area contributed by atoms with Gasteiger partial charge in [0, 0.05) is 16.9 Å². The summed E-state index contributed by atoms with van der Waals surface area (Å²) in [6.45, 7) is 9.05. The van der Waals surface area contributed by atoms with Gasteiger partial charge in [-0.3, -0.25) is 4.98 Å². The second-order valence-electron chi connectivity index (χ2n) is 6.10. The lowest BCUT2D eigenvalue weighted by atomic mass is 10.1. The van der Waals surface area contributed by atoms with Crippen LogP contribution in [0.5, 0.6) is 0 Å². The molecule has 4 heteroatoms. The summed E-state index contributed by atoms with van der Waals surface area (Å²) in [6.07, 6.45) is 0.491. The predicted molar refractivity (Wildman–Crippen MR) is 99.1 cm³/mol. The molecule has 0 amide bonds. The van der Waals surface area contributed by atoms with Crippen molar-refractivity contribution in [2.75, 3.05) is 18.1 Å². The minimum Gasteiger partial charge on any atom is -0.378 e. The zero-order chi connectivity index (χ0) is 16.7. The SMILES string of the molecule is CC(C)OCCSCC(OC(C)C)c1ccc2ccccc2n1. The van der Waals surface area contributed by atoms with Crippen LogP contribution in [0.25, 0.3) is 10.9 Å². The van der Waals surface area contributed by atoms with Crippen LogP contribution in [0.3, 0.4) is 0 Å². The first kappa shape index (κ1) is 18.2. The number of ether oxygens (including phenoxy) is 2. The number of hydrogen-bond donors (Lipinski definition) is 0. The molecule has 0 fully saturated rings. The Morgan fingerprint density at radius 2 is 1.78 bits per heavy atom. The zero-order valence-electron chi connectivity index (χ0n) is 14.5. The Hall–Kier alpha value is -1.10. The Bertz CT molecular complexity index is 601. The highest BCUT2D eigenvalue weighted by Gasteiger charge is 2.16. The number of nitrogens with zero attached hydrogens (tertiary/aromatic N) is 1. The monoisotopic (exact) mass is 333 g/mol. The van der Waals surface area contributed by atoms with Crippen LogP contribution in [0.4, 0.5) is 0 Å². The summed E-state index contributed by atoms with van der Waals surface area (Å²) in [7, 11) is 0. The second kappa shape index (κ2) is 9.26. The molecule has 2 aromatic rings. The summed E-state index contributed by atoms with van der Waals surface area (Å²) in [5.74, 6) is 1.87. The molecule has 0 N–H and O–H groups in total. The van der Waals surface area contributed by atoms with Crippen molar-refractivity contribution in [3.63, 3.8) is 0 Å². The van der Waals surface area contributed by atoms with Crippen LogP contribution < -0.4 is 0 Å². The van der Waals surface area contributed by atoms with Crippen LogP contribution in [0.1, 0.15) is 39.5 Å². The first-order valence-electron chi connectivity index (χ1n) is 8.26. The molecule has 2 rings (SSSR count). The third kappa shape index (κ3) is 6.13. The molecule has 1 aromatic carbocycles. The van der Waals surface area contributed by atoms with Gasteiger partial charge < -0.3 is 9.47 Å². The molecule has 0 radical (unpaired) electrons. The smallest absolute Gasteiger partial charge is 0.109 e.